The maximum Gasteiger partial charge on any atom is 0.251 e. The van der Waals surface area contributed by atoms with E-state index in [1.165, 1.54) is 58.4 Å². The number of rotatable bonds is 6. The van der Waals surface area contributed by atoms with Crippen molar-refractivity contribution in [2.75, 3.05) is 39.8 Å². The van der Waals surface area contributed by atoms with Crippen LogP contribution in [0.25, 0.3) is 0 Å². The third-order valence-electron chi connectivity index (χ3n) is 6.58. The van der Waals surface area contributed by atoms with Gasteiger partial charge in [0.2, 0.25) is 0 Å². The van der Waals surface area contributed by atoms with Crippen LogP contribution in [0, 0.1) is 9.49 Å². The van der Waals surface area contributed by atoms with Crippen LogP contribution in [-0.2, 0) is 0 Å². The fourth-order valence-corrected chi connectivity index (χ4v) is 5.19. The second-order valence-electron chi connectivity index (χ2n) is 8.61. The SMILES string of the molecule is COc1cc(C(=O)NC2CCC(N3CCN(CC4CC4)CC3)CC2)ccc1I. The number of ether oxygens (including phenoxy) is 1. The van der Waals surface area contributed by atoms with Gasteiger partial charge in [-0.2, -0.15) is 0 Å². The molecule has 154 valence electrons. The lowest BCUT2D eigenvalue weighted by Gasteiger charge is -2.42. The smallest absolute Gasteiger partial charge is 0.251 e. The molecule has 1 aromatic rings. The fourth-order valence-electron chi connectivity index (χ4n) is 4.63. The van der Waals surface area contributed by atoms with Crippen molar-refractivity contribution < 1.29 is 9.53 Å². The minimum absolute atomic E-state index is 0.0202. The number of amides is 1. The molecule has 3 aliphatic rings. The maximum absolute atomic E-state index is 12.6. The molecular formula is C22H32IN3O2. The molecule has 0 atom stereocenters. The summed E-state index contributed by atoms with van der Waals surface area (Å²) < 4.78 is 6.37. The average Bonchev–Trinajstić information content (AvgIpc) is 3.53. The summed E-state index contributed by atoms with van der Waals surface area (Å²) in [6.45, 7) is 6.24. The molecule has 2 saturated carbocycles. The lowest BCUT2D eigenvalue weighted by molar-refractivity contribution is 0.0694. The number of nitrogens with one attached hydrogen (secondary N) is 1. The Morgan fingerprint density at radius 3 is 2.46 bits per heavy atom. The number of piperazine rings is 1. The number of halogens is 1. The summed E-state index contributed by atoms with van der Waals surface area (Å²) in [5.41, 5.74) is 0.686. The highest BCUT2D eigenvalue weighted by Gasteiger charge is 2.31. The molecule has 1 saturated heterocycles. The largest absolute Gasteiger partial charge is 0.496 e. The predicted octanol–water partition coefficient (Wildman–Crippen LogP) is 3.37. The van der Waals surface area contributed by atoms with Crippen LogP contribution in [0.4, 0.5) is 0 Å². The van der Waals surface area contributed by atoms with Crippen LogP contribution >= 0.6 is 22.6 Å². The number of carbonyl (C=O) groups is 1. The summed E-state index contributed by atoms with van der Waals surface area (Å²) in [5.74, 6) is 1.78. The molecular weight excluding hydrogens is 465 g/mol. The number of hydrogen-bond donors (Lipinski definition) is 1. The van der Waals surface area contributed by atoms with Gasteiger partial charge in [0.15, 0.2) is 0 Å². The summed E-state index contributed by atoms with van der Waals surface area (Å²) in [6.07, 6.45) is 7.46. The lowest BCUT2D eigenvalue weighted by atomic mass is 9.89. The first-order chi connectivity index (χ1) is 13.6. The number of carbonyl (C=O) groups excluding carboxylic acids is 1. The van der Waals surface area contributed by atoms with E-state index in [4.69, 9.17) is 4.74 Å². The van der Waals surface area contributed by atoms with E-state index in [1.54, 1.807) is 7.11 Å². The molecule has 0 radical (unpaired) electrons. The predicted molar refractivity (Wildman–Crippen MR) is 120 cm³/mol. The third-order valence-corrected chi connectivity index (χ3v) is 7.47. The van der Waals surface area contributed by atoms with Crippen molar-refractivity contribution in [1.29, 1.82) is 0 Å². The molecule has 4 rings (SSSR count). The summed E-state index contributed by atoms with van der Waals surface area (Å²) in [5, 5.41) is 3.24. The summed E-state index contributed by atoms with van der Waals surface area (Å²) >= 11 is 2.22. The Labute approximate surface area is 182 Å². The van der Waals surface area contributed by atoms with Crippen LogP contribution in [0.5, 0.6) is 5.75 Å². The first kappa shape index (κ1) is 20.4. The van der Waals surface area contributed by atoms with E-state index in [2.05, 4.69) is 37.7 Å². The van der Waals surface area contributed by atoms with Crippen molar-refractivity contribution >= 4 is 28.5 Å². The van der Waals surface area contributed by atoms with Gasteiger partial charge in [0, 0.05) is 50.4 Å². The first-order valence-corrected chi connectivity index (χ1v) is 11.8. The van der Waals surface area contributed by atoms with Crippen LogP contribution in [0.3, 0.4) is 0 Å². The molecule has 0 aromatic heterocycles. The summed E-state index contributed by atoms with van der Waals surface area (Å²) in [7, 11) is 1.65. The molecule has 1 amide bonds. The van der Waals surface area contributed by atoms with Gasteiger partial charge in [-0.05, 0) is 85.2 Å². The van der Waals surface area contributed by atoms with Gasteiger partial charge >= 0.3 is 0 Å². The number of hydrogen-bond acceptors (Lipinski definition) is 4. The highest BCUT2D eigenvalue weighted by atomic mass is 127. The number of methoxy groups -OCH3 is 1. The van der Waals surface area contributed by atoms with Crippen LogP contribution in [-0.4, -0.2) is 67.6 Å². The standard InChI is InChI=1S/C22H32IN3O2/c1-28-21-14-17(4-9-20(21)23)22(27)24-18-5-7-19(8-6-18)26-12-10-25(11-13-26)15-16-2-3-16/h4,9,14,16,18-19H,2-3,5-8,10-13,15H2,1H3,(H,24,27). The summed E-state index contributed by atoms with van der Waals surface area (Å²) in [4.78, 5) is 18.0. The van der Waals surface area contributed by atoms with Gasteiger partial charge in [0.05, 0.1) is 10.7 Å². The Bertz CT molecular complexity index is 678. The Kier molecular flexibility index (Phi) is 6.78. The van der Waals surface area contributed by atoms with E-state index in [1.807, 2.05) is 18.2 Å². The van der Waals surface area contributed by atoms with E-state index in [0.717, 1.165) is 28.1 Å². The molecule has 5 nitrogen and oxygen atoms in total. The van der Waals surface area contributed by atoms with Crippen LogP contribution in [0.1, 0.15) is 48.9 Å². The minimum Gasteiger partial charge on any atom is -0.496 e. The zero-order valence-electron chi connectivity index (χ0n) is 16.8. The number of nitrogens with zero attached hydrogens (tertiary/aromatic N) is 2. The molecule has 0 unspecified atom stereocenters. The fraction of sp³-hybridized carbons (Fsp3) is 0.682. The zero-order chi connectivity index (χ0) is 19.5. The van der Waals surface area contributed by atoms with Crippen molar-refractivity contribution in [3.05, 3.63) is 27.3 Å². The molecule has 1 N–H and O–H groups in total. The van der Waals surface area contributed by atoms with E-state index >= 15 is 0 Å². The second-order valence-corrected chi connectivity index (χ2v) is 9.77. The van der Waals surface area contributed by atoms with Gasteiger partial charge in [-0.3, -0.25) is 9.69 Å². The minimum atomic E-state index is 0.0202. The monoisotopic (exact) mass is 497 g/mol. The molecule has 3 fully saturated rings. The zero-order valence-corrected chi connectivity index (χ0v) is 19.0. The van der Waals surface area contributed by atoms with Gasteiger partial charge < -0.3 is 15.0 Å². The van der Waals surface area contributed by atoms with Crippen molar-refractivity contribution in [2.45, 2.75) is 50.6 Å². The quantitative estimate of drug-likeness (QED) is 0.613. The third kappa shape index (κ3) is 5.19. The van der Waals surface area contributed by atoms with Gasteiger partial charge in [0.25, 0.3) is 5.91 Å². The van der Waals surface area contributed by atoms with Gasteiger partial charge in [-0.25, -0.2) is 0 Å². The Morgan fingerprint density at radius 2 is 1.82 bits per heavy atom. The molecule has 28 heavy (non-hydrogen) atoms. The topological polar surface area (TPSA) is 44.8 Å². The van der Waals surface area contributed by atoms with Gasteiger partial charge in [0.1, 0.15) is 5.75 Å². The maximum atomic E-state index is 12.6. The van der Waals surface area contributed by atoms with E-state index in [9.17, 15) is 4.79 Å². The van der Waals surface area contributed by atoms with E-state index in [0.29, 0.717) is 17.6 Å². The van der Waals surface area contributed by atoms with Gasteiger partial charge in [-0.1, -0.05) is 0 Å². The highest BCUT2D eigenvalue weighted by molar-refractivity contribution is 14.1. The molecule has 1 heterocycles. The van der Waals surface area contributed by atoms with Crippen molar-refractivity contribution in [1.82, 2.24) is 15.1 Å². The Hall–Kier alpha value is -0.860. The van der Waals surface area contributed by atoms with Gasteiger partial charge in [-0.15, -0.1) is 0 Å². The number of benzene rings is 1. The van der Waals surface area contributed by atoms with E-state index in [-0.39, 0.29) is 5.91 Å². The average molecular weight is 497 g/mol. The van der Waals surface area contributed by atoms with Crippen molar-refractivity contribution in [3.63, 3.8) is 0 Å². The van der Waals surface area contributed by atoms with Crippen LogP contribution < -0.4 is 10.1 Å². The van der Waals surface area contributed by atoms with Crippen molar-refractivity contribution in [2.24, 2.45) is 5.92 Å². The normalized spacial score (nSPS) is 26.8. The van der Waals surface area contributed by atoms with Crippen LogP contribution in [0.15, 0.2) is 18.2 Å². The molecule has 1 aromatic carbocycles. The van der Waals surface area contributed by atoms with E-state index < -0.39 is 0 Å². The van der Waals surface area contributed by atoms with Crippen molar-refractivity contribution in [3.8, 4) is 5.75 Å². The van der Waals surface area contributed by atoms with Crippen LogP contribution in [0.2, 0.25) is 0 Å². The summed E-state index contributed by atoms with van der Waals surface area (Å²) in [6, 6.07) is 6.66. The molecule has 1 aliphatic heterocycles. The Balaban J connectivity index is 1.21. The highest BCUT2D eigenvalue weighted by Crippen LogP contribution is 2.30. The molecule has 0 bridgehead atoms. The second kappa shape index (κ2) is 9.30. The molecule has 6 heteroatoms. The lowest BCUT2D eigenvalue weighted by Crippen LogP contribution is -2.52. The molecule has 0 spiro atoms. The first-order valence-electron chi connectivity index (χ1n) is 10.7. The molecule has 2 aliphatic carbocycles. The Morgan fingerprint density at radius 1 is 1.11 bits per heavy atom.